The second kappa shape index (κ2) is 6.20. The standard InChI is InChI=1S/C14H16Br2N2O/c1-3-11-14(16)12(18(2)17-11)8-13(19)9-5-4-6-10(15)7-9/h4-7,13,19H,3,8H2,1-2H3. The Hall–Kier alpha value is -0.650. The van der Waals surface area contributed by atoms with Crippen LogP contribution in [-0.4, -0.2) is 14.9 Å². The predicted octanol–water partition coefficient (Wildman–Crippen LogP) is 3.78. The molecule has 3 nitrogen and oxygen atoms in total. The fraction of sp³-hybridized carbons (Fsp3) is 0.357. The smallest absolute Gasteiger partial charge is 0.0846 e. The summed E-state index contributed by atoms with van der Waals surface area (Å²) < 4.78 is 3.82. The molecule has 1 N–H and O–H groups in total. The Kier molecular flexibility index (Phi) is 4.81. The molecule has 0 radical (unpaired) electrons. The van der Waals surface area contributed by atoms with Crippen LogP contribution >= 0.6 is 31.9 Å². The second-order valence-corrected chi connectivity index (χ2v) is 6.17. The van der Waals surface area contributed by atoms with E-state index in [9.17, 15) is 5.11 Å². The summed E-state index contributed by atoms with van der Waals surface area (Å²) in [6.45, 7) is 2.07. The summed E-state index contributed by atoms with van der Waals surface area (Å²) in [5, 5.41) is 14.8. The Balaban J connectivity index is 2.24. The van der Waals surface area contributed by atoms with Crippen molar-refractivity contribution in [2.24, 2.45) is 7.05 Å². The summed E-state index contributed by atoms with van der Waals surface area (Å²) in [5.74, 6) is 0. The van der Waals surface area contributed by atoms with E-state index in [2.05, 4.69) is 43.9 Å². The van der Waals surface area contributed by atoms with Crippen molar-refractivity contribution in [3.63, 3.8) is 0 Å². The van der Waals surface area contributed by atoms with E-state index in [0.717, 1.165) is 32.3 Å². The van der Waals surface area contributed by atoms with Gasteiger partial charge in [-0.05, 0) is 40.0 Å². The van der Waals surface area contributed by atoms with Crippen molar-refractivity contribution in [1.29, 1.82) is 0 Å². The SMILES string of the molecule is CCc1nn(C)c(CC(O)c2cccc(Br)c2)c1Br. The Labute approximate surface area is 129 Å². The molecule has 0 saturated heterocycles. The maximum atomic E-state index is 10.3. The third-order valence-electron chi connectivity index (χ3n) is 3.12. The lowest BCUT2D eigenvalue weighted by molar-refractivity contribution is 0.175. The van der Waals surface area contributed by atoms with Gasteiger partial charge in [0.15, 0.2) is 0 Å². The first-order valence-electron chi connectivity index (χ1n) is 6.16. The highest BCUT2D eigenvalue weighted by Crippen LogP contribution is 2.27. The zero-order chi connectivity index (χ0) is 14.0. The lowest BCUT2D eigenvalue weighted by Gasteiger charge is -2.12. The molecule has 1 atom stereocenters. The van der Waals surface area contributed by atoms with Gasteiger partial charge in [-0.15, -0.1) is 0 Å². The third-order valence-corrected chi connectivity index (χ3v) is 4.53. The average molecular weight is 388 g/mol. The monoisotopic (exact) mass is 386 g/mol. The van der Waals surface area contributed by atoms with E-state index in [0.29, 0.717) is 6.42 Å². The van der Waals surface area contributed by atoms with E-state index in [1.165, 1.54) is 0 Å². The van der Waals surface area contributed by atoms with Crippen molar-refractivity contribution in [3.05, 3.63) is 50.2 Å². The highest BCUT2D eigenvalue weighted by molar-refractivity contribution is 9.10. The summed E-state index contributed by atoms with van der Waals surface area (Å²) in [6, 6.07) is 7.75. The van der Waals surface area contributed by atoms with E-state index >= 15 is 0 Å². The predicted molar refractivity (Wildman–Crippen MR) is 83.1 cm³/mol. The van der Waals surface area contributed by atoms with Crippen LogP contribution in [0, 0.1) is 0 Å². The van der Waals surface area contributed by atoms with Crippen LogP contribution in [0.3, 0.4) is 0 Å². The van der Waals surface area contributed by atoms with Gasteiger partial charge in [0.2, 0.25) is 0 Å². The van der Waals surface area contributed by atoms with Crippen LogP contribution < -0.4 is 0 Å². The van der Waals surface area contributed by atoms with Gasteiger partial charge >= 0.3 is 0 Å². The highest BCUT2D eigenvalue weighted by Gasteiger charge is 2.17. The molecule has 0 bridgehead atoms. The van der Waals surface area contributed by atoms with Crippen molar-refractivity contribution in [3.8, 4) is 0 Å². The molecular formula is C14H16Br2N2O. The van der Waals surface area contributed by atoms with Crippen LogP contribution in [-0.2, 0) is 19.9 Å². The fourth-order valence-corrected chi connectivity index (χ4v) is 3.25. The molecular weight excluding hydrogens is 372 g/mol. The van der Waals surface area contributed by atoms with Gasteiger partial charge < -0.3 is 5.11 Å². The number of hydrogen-bond donors (Lipinski definition) is 1. The van der Waals surface area contributed by atoms with E-state index in [-0.39, 0.29) is 0 Å². The van der Waals surface area contributed by atoms with Crippen molar-refractivity contribution in [2.75, 3.05) is 0 Å². The van der Waals surface area contributed by atoms with Crippen LogP contribution in [0.4, 0.5) is 0 Å². The lowest BCUT2D eigenvalue weighted by Crippen LogP contribution is -2.07. The minimum atomic E-state index is -0.533. The molecule has 0 amide bonds. The number of rotatable bonds is 4. The summed E-state index contributed by atoms with van der Waals surface area (Å²) in [5.41, 5.74) is 2.95. The zero-order valence-corrected chi connectivity index (χ0v) is 14.1. The van der Waals surface area contributed by atoms with Crippen LogP contribution in [0.1, 0.15) is 30.0 Å². The summed E-state index contributed by atoms with van der Waals surface area (Å²) in [4.78, 5) is 0. The molecule has 0 aliphatic rings. The summed E-state index contributed by atoms with van der Waals surface area (Å²) >= 11 is 7.00. The zero-order valence-electron chi connectivity index (χ0n) is 10.9. The van der Waals surface area contributed by atoms with Gasteiger partial charge in [-0.3, -0.25) is 4.68 Å². The first kappa shape index (κ1) is 14.8. The molecule has 2 aromatic rings. The van der Waals surface area contributed by atoms with Crippen molar-refractivity contribution in [2.45, 2.75) is 25.9 Å². The van der Waals surface area contributed by atoms with E-state index in [1.54, 1.807) is 0 Å². The minimum Gasteiger partial charge on any atom is -0.388 e. The Morgan fingerprint density at radius 1 is 1.37 bits per heavy atom. The van der Waals surface area contributed by atoms with E-state index in [4.69, 9.17) is 0 Å². The fourth-order valence-electron chi connectivity index (χ4n) is 2.06. The Morgan fingerprint density at radius 3 is 2.68 bits per heavy atom. The molecule has 2 rings (SSSR count). The largest absolute Gasteiger partial charge is 0.388 e. The van der Waals surface area contributed by atoms with Crippen molar-refractivity contribution < 1.29 is 5.11 Å². The first-order chi connectivity index (χ1) is 9.02. The molecule has 0 spiro atoms. The van der Waals surface area contributed by atoms with Crippen LogP contribution in [0.25, 0.3) is 0 Å². The number of benzene rings is 1. The number of aliphatic hydroxyl groups is 1. The van der Waals surface area contributed by atoms with E-state index < -0.39 is 6.10 Å². The highest BCUT2D eigenvalue weighted by atomic mass is 79.9. The molecule has 0 aliphatic heterocycles. The number of aliphatic hydroxyl groups excluding tert-OH is 1. The molecule has 1 heterocycles. The van der Waals surface area contributed by atoms with E-state index in [1.807, 2.05) is 36.0 Å². The van der Waals surface area contributed by atoms with Gasteiger partial charge in [0.25, 0.3) is 0 Å². The Morgan fingerprint density at radius 2 is 2.11 bits per heavy atom. The molecule has 19 heavy (non-hydrogen) atoms. The first-order valence-corrected chi connectivity index (χ1v) is 7.75. The van der Waals surface area contributed by atoms with Crippen LogP contribution in [0.5, 0.6) is 0 Å². The number of hydrogen-bond acceptors (Lipinski definition) is 2. The van der Waals surface area contributed by atoms with Crippen LogP contribution in [0.15, 0.2) is 33.2 Å². The second-order valence-electron chi connectivity index (χ2n) is 4.46. The van der Waals surface area contributed by atoms with Gasteiger partial charge in [0, 0.05) is 17.9 Å². The quantitative estimate of drug-likeness (QED) is 0.866. The third kappa shape index (κ3) is 3.27. The number of aromatic nitrogens is 2. The maximum absolute atomic E-state index is 10.3. The van der Waals surface area contributed by atoms with Gasteiger partial charge in [0.05, 0.1) is 22.0 Å². The van der Waals surface area contributed by atoms with Crippen LogP contribution in [0.2, 0.25) is 0 Å². The molecule has 0 saturated carbocycles. The number of halogens is 2. The molecule has 0 fully saturated rings. The Bertz CT molecular complexity index is 581. The summed E-state index contributed by atoms with van der Waals surface area (Å²) in [6.07, 6.45) is 0.885. The molecule has 1 aromatic heterocycles. The molecule has 0 aliphatic carbocycles. The van der Waals surface area contributed by atoms with Gasteiger partial charge in [-0.2, -0.15) is 5.10 Å². The molecule has 102 valence electrons. The van der Waals surface area contributed by atoms with Crippen molar-refractivity contribution in [1.82, 2.24) is 9.78 Å². The van der Waals surface area contributed by atoms with Crippen molar-refractivity contribution >= 4 is 31.9 Å². The van der Waals surface area contributed by atoms with Gasteiger partial charge in [-0.1, -0.05) is 35.0 Å². The molecule has 1 aromatic carbocycles. The summed E-state index contributed by atoms with van der Waals surface area (Å²) in [7, 11) is 1.91. The molecule has 1 unspecified atom stereocenters. The molecule has 5 heteroatoms. The van der Waals surface area contributed by atoms with Gasteiger partial charge in [-0.25, -0.2) is 0 Å². The number of aryl methyl sites for hydroxylation is 2. The maximum Gasteiger partial charge on any atom is 0.0846 e. The normalized spacial score (nSPS) is 12.7. The van der Waals surface area contributed by atoms with Gasteiger partial charge in [0.1, 0.15) is 0 Å². The topological polar surface area (TPSA) is 38.0 Å². The average Bonchev–Trinajstić information content (AvgIpc) is 2.66. The lowest BCUT2D eigenvalue weighted by atomic mass is 10.0. The number of nitrogens with zero attached hydrogens (tertiary/aromatic N) is 2. The minimum absolute atomic E-state index is 0.533.